The van der Waals surface area contributed by atoms with Crippen LogP contribution in [0.3, 0.4) is 0 Å². The van der Waals surface area contributed by atoms with Crippen LogP contribution in [0.4, 0.5) is 0 Å². The molecule has 0 spiro atoms. The molecule has 1 atom stereocenters. The van der Waals surface area contributed by atoms with Crippen molar-refractivity contribution in [2.45, 2.75) is 25.8 Å². The number of nitrogens with two attached hydrogens (primary N) is 1. The van der Waals surface area contributed by atoms with Gasteiger partial charge in [0.1, 0.15) is 5.54 Å². The Kier molecular flexibility index (Phi) is 2.91. The van der Waals surface area contributed by atoms with Crippen LogP contribution in [0, 0.1) is 0 Å². The van der Waals surface area contributed by atoms with Crippen molar-refractivity contribution in [1.29, 1.82) is 0 Å². The van der Waals surface area contributed by atoms with Crippen molar-refractivity contribution in [1.82, 2.24) is 0 Å². The lowest BCUT2D eigenvalue weighted by molar-refractivity contribution is -0.143. The highest BCUT2D eigenvalue weighted by molar-refractivity contribution is 5.79. The molecule has 0 unspecified atom stereocenters. The number of carboxylic acid groups (broad SMARTS) is 1. The largest absolute Gasteiger partial charge is 0.480 e. The van der Waals surface area contributed by atoms with Gasteiger partial charge >= 0.3 is 5.97 Å². The average molecular weight is 193 g/mol. The topological polar surface area (TPSA) is 63.3 Å². The number of hydrogen-bond donors (Lipinski definition) is 2. The molecule has 0 saturated carbocycles. The molecule has 76 valence electrons. The highest BCUT2D eigenvalue weighted by atomic mass is 16.4. The van der Waals surface area contributed by atoms with Gasteiger partial charge in [0.25, 0.3) is 0 Å². The van der Waals surface area contributed by atoms with E-state index in [0.717, 1.165) is 12.0 Å². The number of carbonyl (C=O) groups is 1. The summed E-state index contributed by atoms with van der Waals surface area (Å²) in [4.78, 5) is 10.9. The second kappa shape index (κ2) is 3.80. The number of aryl methyl sites for hydroxylation is 1. The highest BCUT2D eigenvalue weighted by Gasteiger charge is 2.29. The van der Waals surface area contributed by atoms with E-state index in [9.17, 15) is 4.79 Å². The molecule has 0 aliphatic rings. The van der Waals surface area contributed by atoms with Gasteiger partial charge < -0.3 is 10.8 Å². The van der Waals surface area contributed by atoms with E-state index < -0.39 is 11.5 Å². The third-order valence-corrected chi connectivity index (χ3v) is 2.38. The van der Waals surface area contributed by atoms with Crippen LogP contribution >= 0.6 is 0 Å². The van der Waals surface area contributed by atoms with Crippen molar-refractivity contribution < 1.29 is 9.90 Å². The van der Waals surface area contributed by atoms with E-state index in [2.05, 4.69) is 0 Å². The zero-order valence-corrected chi connectivity index (χ0v) is 8.45. The molecular formula is C11H15NO2. The Bertz CT molecular complexity index is 345. The molecule has 0 fully saturated rings. The summed E-state index contributed by atoms with van der Waals surface area (Å²) >= 11 is 0. The first-order valence-electron chi connectivity index (χ1n) is 4.60. The van der Waals surface area contributed by atoms with Gasteiger partial charge in [0, 0.05) is 0 Å². The van der Waals surface area contributed by atoms with Gasteiger partial charge in [-0.05, 0) is 24.5 Å². The summed E-state index contributed by atoms with van der Waals surface area (Å²) in [7, 11) is 0. The van der Waals surface area contributed by atoms with Crippen molar-refractivity contribution >= 4 is 5.97 Å². The molecule has 0 saturated heterocycles. The maximum Gasteiger partial charge on any atom is 0.328 e. The summed E-state index contributed by atoms with van der Waals surface area (Å²) in [5.41, 5.74) is 6.15. The molecule has 3 nitrogen and oxygen atoms in total. The van der Waals surface area contributed by atoms with Gasteiger partial charge in [0.2, 0.25) is 0 Å². The summed E-state index contributed by atoms with van der Waals surface area (Å²) in [5.74, 6) is -1.01. The van der Waals surface area contributed by atoms with Gasteiger partial charge in [-0.2, -0.15) is 0 Å². The number of rotatable bonds is 3. The molecule has 0 radical (unpaired) electrons. The van der Waals surface area contributed by atoms with E-state index in [4.69, 9.17) is 10.8 Å². The Balaban J connectivity index is 3.12. The van der Waals surface area contributed by atoms with Crippen molar-refractivity contribution in [3.63, 3.8) is 0 Å². The van der Waals surface area contributed by atoms with E-state index in [1.807, 2.05) is 25.1 Å². The van der Waals surface area contributed by atoms with Gasteiger partial charge in [-0.15, -0.1) is 0 Å². The lowest BCUT2D eigenvalue weighted by Gasteiger charge is -2.20. The van der Waals surface area contributed by atoms with Gasteiger partial charge in [0.05, 0.1) is 0 Å². The number of carboxylic acids is 1. The molecule has 0 heterocycles. The Labute approximate surface area is 83.6 Å². The van der Waals surface area contributed by atoms with Gasteiger partial charge in [-0.25, -0.2) is 4.79 Å². The fourth-order valence-electron chi connectivity index (χ4n) is 1.24. The standard InChI is InChI=1S/C11H15NO2/c1-3-8-5-4-6-9(7-8)11(2,12)10(13)14/h4-7H,3,12H2,1-2H3,(H,13,14)/t11-/m1/s1. The zero-order valence-electron chi connectivity index (χ0n) is 8.45. The van der Waals surface area contributed by atoms with Crippen LogP contribution in [0.5, 0.6) is 0 Å². The average Bonchev–Trinajstić information content (AvgIpc) is 2.17. The molecular weight excluding hydrogens is 178 g/mol. The van der Waals surface area contributed by atoms with Crippen LogP contribution in [0.1, 0.15) is 25.0 Å². The minimum absolute atomic E-state index is 0.643. The lowest BCUT2D eigenvalue weighted by Crippen LogP contribution is -2.41. The van der Waals surface area contributed by atoms with Crippen LogP contribution in [0.25, 0.3) is 0 Å². The van der Waals surface area contributed by atoms with E-state index >= 15 is 0 Å². The van der Waals surface area contributed by atoms with Gasteiger partial charge in [-0.1, -0.05) is 31.2 Å². The molecule has 0 aliphatic carbocycles. The minimum Gasteiger partial charge on any atom is -0.480 e. The Morgan fingerprint density at radius 1 is 1.57 bits per heavy atom. The Hall–Kier alpha value is -1.35. The third kappa shape index (κ3) is 1.93. The number of hydrogen-bond acceptors (Lipinski definition) is 2. The maximum absolute atomic E-state index is 10.9. The normalized spacial score (nSPS) is 14.8. The molecule has 1 aromatic rings. The Morgan fingerprint density at radius 2 is 2.21 bits per heavy atom. The van der Waals surface area contributed by atoms with E-state index in [1.54, 1.807) is 6.07 Å². The highest BCUT2D eigenvalue weighted by Crippen LogP contribution is 2.19. The first-order valence-corrected chi connectivity index (χ1v) is 4.60. The summed E-state index contributed by atoms with van der Waals surface area (Å²) in [6.07, 6.45) is 0.879. The third-order valence-electron chi connectivity index (χ3n) is 2.38. The molecule has 1 rings (SSSR count). The summed E-state index contributed by atoms with van der Waals surface area (Å²) < 4.78 is 0. The smallest absolute Gasteiger partial charge is 0.328 e. The minimum atomic E-state index is -1.30. The first kappa shape index (κ1) is 10.7. The molecule has 3 N–H and O–H groups in total. The molecule has 0 bridgehead atoms. The zero-order chi connectivity index (χ0) is 10.8. The number of aliphatic carboxylic acids is 1. The van der Waals surface area contributed by atoms with Crippen LogP contribution in [0.2, 0.25) is 0 Å². The monoisotopic (exact) mass is 193 g/mol. The summed E-state index contributed by atoms with van der Waals surface area (Å²) in [6.45, 7) is 3.53. The maximum atomic E-state index is 10.9. The quantitative estimate of drug-likeness (QED) is 0.764. The predicted molar refractivity (Wildman–Crippen MR) is 55.0 cm³/mol. The molecule has 0 amide bonds. The van der Waals surface area contributed by atoms with Crippen LogP contribution in [0.15, 0.2) is 24.3 Å². The summed E-state index contributed by atoms with van der Waals surface area (Å²) in [6, 6.07) is 7.38. The molecule has 3 heteroatoms. The van der Waals surface area contributed by atoms with Crippen LogP contribution in [-0.2, 0) is 16.8 Å². The van der Waals surface area contributed by atoms with Gasteiger partial charge in [-0.3, -0.25) is 0 Å². The second-order valence-corrected chi connectivity index (χ2v) is 3.56. The number of benzene rings is 1. The lowest BCUT2D eigenvalue weighted by atomic mass is 9.92. The molecule has 1 aromatic carbocycles. The van der Waals surface area contributed by atoms with Crippen molar-refractivity contribution in [2.24, 2.45) is 5.73 Å². The van der Waals surface area contributed by atoms with E-state index in [0.29, 0.717) is 5.56 Å². The molecule has 0 aliphatic heterocycles. The van der Waals surface area contributed by atoms with Crippen LogP contribution < -0.4 is 5.73 Å². The molecule has 14 heavy (non-hydrogen) atoms. The van der Waals surface area contributed by atoms with Crippen molar-refractivity contribution in [3.05, 3.63) is 35.4 Å². The fraction of sp³-hybridized carbons (Fsp3) is 0.364. The van der Waals surface area contributed by atoms with Crippen LogP contribution in [-0.4, -0.2) is 11.1 Å². The predicted octanol–water partition coefficient (Wildman–Crippen LogP) is 1.51. The van der Waals surface area contributed by atoms with E-state index in [-0.39, 0.29) is 0 Å². The fourth-order valence-corrected chi connectivity index (χ4v) is 1.24. The van der Waals surface area contributed by atoms with E-state index in [1.165, 1.54) is 6.92 Å². The molecule has 0 aromatic heterocycles. The van der Waals surface area contributed by atoms with Crippen molar-refractivity contribution in [2.75, 3.05) is 0 Å². The van der Waals surface area contributed by atoms with Gasteiger partial charge in [0.15, 0.2) is 0 Å². The van der Waals surface area contributed by atoms with Crippen molar-refractivity contribution in [3.8, 4) is 0 Å². The second-order valence-electron chi connectivity index (χ2n) is 3.56. The SMILES string of the molecule is CCc1cccc([C@@](C)(N)C(=O)O)c1. The Morgan fingerprint density at radius 3 is 2.71 bits per heavy atom. The summed E-state index contributed by atoms with van der Waals surface area (Å²) in [5, 5.41) is 8.93. The first-order chi connectivity index (χ1) is 6.48.